The van der Waals surface area contributed by atoms with Crippen molar-refractivity contribution in [3.05, 3.63) is 35.4 Å². The molecule has 1 aromatic carbocycles. The first-order valence-corrected chi connectivity index (χ1v) is 7.03. The molecule has 0 bridgehead atoms. The van der Waals surface area contributed by atoms with Gasteiger partial charge in [-0.05, 0) is 12.1 Å². The zero-order valence-electron chi connectivity index (χ0n) is 12.8. The summed E-state index contributed by atoms with van der Waals surface area (Å²) in [5.74, 6) is -3.37. The summed E-state index contributed by atoms with van der Waals surface area (Å²) >= 11 is 0. The van der Waals surface area contributed by atoms with Crippen LogP contribution in [-0.4, -0.2) is 52.5 Å². The van der Waals surface area contributed by atoms with Gasteiger partial charge in [-0.25, -0.2) is 4.79 Å². The maximum absolute atomic E-state index is 12.3. The number of hydrogen-bond donors (Lipinski definition) is 1. The van der Waals surface area contributed by atoms with Crippen molar-refractivity contribution in [2.75, 3.05) is 7.05 Å². The average Bonchev–Trinajstić information content (AvgIpc) is 2.80. The van der Waals surface area contributed by atoms with Gasteiger partial charge in [-0.15, -0.1) is 0 Å². The molecule has 3 rings (SSSR count). The van der Waals surface area contributed by atoms with Gasteiger partial charge < -0.3 is 0 Å². The van der Waals surface area contributed by atoms with Gasteiger partial charge in [-0.2, -0.15) is 0 Å². The SMILES string of the molecule is CC.CN1C(=O)NC(=O)C(N2C(=O)c3ccccc3C2=O)C1=O. The minimum atomic E-state index is -1.67. The molecule has 0 spiro atoms. The van der Waals surface area contributed by atoms with E-state index in [2.05, 4.69) is 0 Å². The number of urea groups is 1. The molecule has 2 heterocycles. The molecule has 0 aliphatic carbocycles. The van der Waals surface area contributed by atoms with Crippen LogP contribution < -0.4 is 5.32 Å². The maximum atomic E-state index is 12.3. The second-order valence-corrected chi connectivity index (χ2v) is 4.62. The second kappa shape index (κ2) is 5.99. The molecule has 120 valence electrons. The summed E-state index contributed by atoms with van der Waals surface area (Å²) in [4.78, 5) is 61.0. The number of nitrogens with zero attached hydrogens (tertiary/aromatic N) is 2. The van der Waals surface area contributed by atoms with E-state index in [-0.39, 0.29) is 11.1 Å². The van der Waals surface area contributed by atoms with E-state index >= 15 is 0 Å². The first kappa shape index (κ1) is 16.3. The zero-order valence-corrected chi connectivity index (χ0v) is 12.8. The van der Waals surface area contributed by atoms with Gasteiger partial charge in [0, 0.05) is 7.05 Å². The van der Waals surface area contributed by atoms with Crippen molar-refractivity contribution in [3.63, 3.8) is 0 Å². The summed E-state index contributed by atoms with van der Waals surface area (Å²) in [5.41, 5.74) is 0.255. The number of fused-ring (bicyclic) bond motifs is 1. The lowest BCUT2D eigenvalue weighted by Gasteiger charge is -2.31. The average molecular weight is 317 g/mol. The van der Waals surface area contributed by atoms with E-state index in [1.54, 1.807) is 12.1 Å². The Morgan fingerprint density at radius 3 is 1.87 bits per heavy atom. The van der Waals surface area contributed by atoms with Crippen LogP contribution in [0.1, 0.15) is 34.6 Å². The molecule has 1 atom stereocenters. The van der Waals surface area contributed by atoms with Crippen molar-refractivity contribution < 1.29 is 24.0 Å². The van der Waals surface area contributed by atoms with E-state index in [1.165, 1.54) is 12.1 Å². The Morgan fingerprint density at radius 2 is 1.39 bits per heavy atom. The van der Waals surface area contributed by atoms with E-state index < -0.39 is 35.7 Å². The molecule has 2 aliphatic rings. The molecule has 6 amide bonds. The largest absolute Gasteiger partial charge is 0.330 e. The third-order valence-electron chi connectivity index (χ3n) is 3.43. The van der Waals surface area contributed by atoms with Crippen LogP contribution in [-0.2, 0) is 9.59 Å². The number of hydrogen-bond acceptors (Lipinski definition) is 5. The zero-order chi connectivity index (χ0) is 17.3. The van der Waals surface area contributed by atoms with E-state index in [9.17, 15) is 24.0 Å². The second-order valence-electron chi connectivity index (χ2n) is 4.62. The van der Waals surface area contributed by atoms with Crippen molar-refractivity contribution in [1.29, 1.82) is 0 Å². The summed E-state index contributed by atoms with van der Waals surface area (Å²) in [5, 5.41) is 1.94. The lowest BCUT2D eigenvalue weighted by atomic mass is 10.1. The van der Waals surface area contributed by atoms with Gasteiger partial charge in [0.25, 0.3) is 23.6 Å². The van der Waals surface area contributed by atoms with E-state index in [4.69, 9.17) is 0 Å². The van der Waals surface area contributed by atoms with Crippen LogP contribution in [0.25, 0.3) is 0 Å². The fourth-order valence-electron chi connectivity index (χ4n) is 2.32. The fourth-order valence-corrected chi connectivity index (χ4v) is 2.32. The number of nitrogens with one attached hydrogen (secondary N) is 1. The molecule has 23 heavy (non-hydrogen) atoms. The van der Waals surface area contributed by atoms with Crippen LogP contribution in [0.4, 0.5) is 4.79 Å². The lowest BCUT2D eigenvalue weighted by molar-refractivity contribution is -0.141. The smallest absolute Gasteiger partial charge is 0.275 e. The molecule has 0 aromatic heterocycles. The predicted molar refractivity (Wildman–Crippen MR) is 78.4 cm³/mol. The quantitative estimate of drug-likeness (QED) is 0.596. The molecule has 1 aromatic rings. The highest BCUT2D eigenvalue weighted by Gasteiger charge is 2.50. The van der Waals surface area contributed by atoms with Crippen molar-refractivity contribution in [2.24, 2.45) is 0 Å². The molecule has 1 saturated heterocycles. The standard InChI is InChI=1S/C13H9N3O5.C2H6/c1-15-12(20)8(9(17)14-13(15)21)16-10(18)6-4-2-3-5-7(6)11(16)19;1-2/h2-5,8H,1H3,(H,14,17,21);1-2H3. The van der Waals surface area contributed by atoms with E-state index in [1.807, 2.05) is 19.2 Å². The number of amides is 6. The Hall–Kier alpha value is -3.03. The molecule has 0 saturated carbocycles. The Balaban J connectivity index is 0.000000924. The summed E-state index contributed by atoms with van der Waals surface area (Å²) in [6.45, 7) is 4.00. The Morgan fingerprint density at radius 1 is 0.913 bits per heavy atom. The number of rotatable bonds is 1. The summed E-state index contributed by atoms with van der Waals surface area (Å²) < 4.78 is 0. The molecule has 2 aliphatic heterocycles. The number of benzene rings is 1. The normalized spacial score (nSPS) is 20.1. The van der Waals surface area contributed by atoms with Gasteiger partial charge in [0.2, 0.25) is 0 Å². The minimum absolute atomic E-state index is 0.127. The van der Waals surface area contributed by atoms with Gasteiger partial charge in [0.05, 0.1) is 11.1 Å². The third-order valence-corrected chi connectivity index (χ3v) is 3.43. The number of barbiturate groups is 1. The van der Waals surface area contributed by atoms with E-state index in [0.29, 0.717) is 9.80 Å². The molecule has 0 radical (unpaired) electrons. The molecule has 8 nitrogen and oxygen atoms in total. The van der Waals surface area contributed by atoms with Gasteiger partial charge in [0.15, 0.2) is 6.04 Å². The van der Waals surface area contributed by atoms with Crippen LogP contribution in [0.15, 0.2) is 24.3 Å². The number of carbonyl (C=O) groups is 5. The molecule has 1 unspecified atom stereocenters. The van der Waals surface area contributed by atoms with Gasteiger partial charge in [0.1, 0.15) is 0 Å². The molecular weight excluding hydrogens is 302 g/mol. The molecular formula is C15H15N3O5. The topological polar surface area (TPSA) is 104 Å². The first-order valence-electron chi connectivity index (χ1n) is 7.03. The van der Waals surface area contributed by atoms with Gasteiger partial charge in [-0.3, -0.25) is 34.3 Å². The van der Waals surface area contributed by atoms with E-state index in [0.717, 1.165) is 7.05 Å². The van der Waals surface area contributed by atoms with Crippen LogP contribution in [0, 0.1) is 0 Å². The Labute approximate surface area is 132 Å². The highest BCUT2D eigenvalue weighted by molar-refractivity contribution is 6.28. The number of likely N-dealkylation sites (N-methyl/N-ethyl adjacent to an activating group) is 1. The number of carbonyl (C=O) groups excluding carboxylic acids is 5. The van der Waals surface area contributed by atoms with Crippen LogP contribution >= 0.6 is 0 Å². The van der Waals surface area contributed by atoms with Crippen LogP contribution in [0.5, 0.6) is 0 Å². The highest BCUT2D eigenvalue weighted by atomic mass is 16.2. The van der Waals surface area contributed by atoms with Crippen molar-refractivity contribution in [2.45, 2.75) is 19.9 Å². The van der Waals surface area contributed by atoms with Gasteiger partial charge in [-0.1, -0.05) is 26.0 Å². The summed E-state index contributed by atoms with van der Waals surface area (Å²) in [6, 6.07) is 3.47. The van der Waals surface area contributed by atoms with Crippen molar-refractivity contribution >= 4 is 29.7 Å². The van der Waals surface area contributed by atoms with Crippen molar-refractivity contribution in [3.8, 4) is 0 Å². The minimum Gasteiger partial charge on any atom is -0.275 e. The molecule has 1 N–H and O–H groups in total. The number of imide groups is 3. The highest BCUT2D eigenvalue weighted by Crippen LogP contribution is 2.26. The Bertz CT molecular complexity index is 693. The molecule has 8 heteroatoms. The van der Waals surface area contributed by atoms with Crippen LogP contribution in [0.2, 0.25) is 0 Å². The third kappa shape index (κ3) is 2.37. The maximum Gasteiger partial charge on any atom is 0.330 e. The summed E-state index contributed by atoms with van der Waals surface area (Å²) in [6.07, 6.45) is 0. The molecule has 1 fully saturated rings. The fraction of sp³-hybridized carbons (Fsp3) is 0.267. The van der Waals surface area contributed by atoms with Crippen LogP contribution in [0.3, 0.4) is 0 Å². The Kier molecular flexibility index (Phi) is 4.26. The first-order chi connectivity index (χ1) is 10.9. The monoisotopic (exact) mass is 317 g/mol. The van der Waals surface area contributed by atoms with Crippen molar-refractivity contribution in [1.82, 2.24) is 15.1 Å². The predicted octanol–water partition coefficient (Wildman–Crippen LogP) is 0.386. The van der Waals surface area contributed by atoms with Gasteiger partial charge >= 0.3 is 6.03 Å². The lowest BCUT2D eigenvalue weighted by Crippen LogP contribution is -2.65. The summed E-state index contributed by atoms with van der Waals surface area (Å²) in [7, 11) is 1.16.